The van der Waals surface area contributed by atoms with Crippen LogP contribution in [0.3, 0.4) is 0 Å². The predicted molar refractivity (Wildman–Crippen MR) is 125 cm³/mol. The van der Waals surface area contributed by atoms with Crippen molar-refractivity contribution in [2.45, 2.75) is 20.8 Å². The van der Waals surface area contributed by atoms with Gasteiger partial charge in [-0.25, -0.2) is 4.98 Å². The Hall–Kier alpha value is -3.74. The van der Waals surface area contributed by atoms with E-state index >= 15 is 0 Å². The van der Waals surface area contributed by atoms with E-state index in [0.29, 0.717) is 24.3 Å². The molecule has 5 rings (SSSR count). The molecular weight excluding hydrogens is 400 g/mol. The summed E-state index contributed by atoms with van der Waals surface area (Å²) in [5, 5.41) is 8.47. The van der Waals surface area contributed by atoms with E-state index in [4.69, 9.17) is 0 Å². The lowest BCUT2D eigenvalue weighted by Gasteiger charge is -2.37. The zero-order valence-electron chi connectivity index (χ0n) is 18.6. The summed E-state index contributed by atoms with van der Waals surface area (Å²) >= 11 is 0. The Morgan fingerprint density at radius 1 is 0.875 bits per heavy atom. The second-order valence-electron chi connectivity index (χ2n) is 8.42. The molecule has 0 bridgehead atoms. The van der Waals surface area contributed by atoms with E-state index in [1.165, 1.54) is 16.8 Å². The summed E-state index contributed by atoms with van der Waals surface area (Å²) in [5.41, 5.74) is 7.70. The third-order valence-corrected chi connectivity index (χ3v) is 6.17. The number of piperazine rings is 1. The highest BCUT2D eigenvalue weighted by molar-refractivity contribution is 5.95. The number of hydrogen-bond acceptors (Lipinski definition) is 5. The highest BCUT2D eigenvalue weighted by Gasteiger charge is 2.24. The summed E-state index contributed by atoms with van der Waals surface area (Å²) in [5.74, 6) is 0.0456. The highest BCUT2D eigenvalue weighted by atomic mass is 16.2. The fourth-order valence-electron chi connectivity index (χ4n) is 4.29. The molecule has 0 spiro atoms. The van der Waals surface area contributed by atoms with Crippen molar-refractivity contribution in [3.05, 3.63) is 77.0 Å². The van der Waals surface area contributed by atoms with Gasteiger partial charge in [0, 0.05) is 43.6 Å². The molecule has 7 nitrogen and oxygen atoms in total. The average Bonchev–Trinajstić information content (AvgIpc) is 3.25. The minimum absolute atomic E-state index is 0.0456. The molecule has 0 atom stereocenters. The maximum atomic E-state index is 13.3. The van der Waals surface area contributed by atoms with E-state index in [-0.39, 0.29) is 5.91 Å². The highest BCUT2D eigenvalue weighted by Crippen LogP contribution is 2.24. The maximum absolute atomic E-state index is 13.3. The Morgan fingerprint density at radius 3 is 2.44 bits per heavy atom. The molecule has 3 heterocycles. The minimum Gasteiger partial charge on any atom is -0.368 e. The normalized spacial score (nSPS) is 14.2. The van der Waals surface area contributed by atoms with Crippen LogP contribution in [0, 0.1) is 20.8 Å². The first-order valence-electron chi connectivity index (χ1n) is 10.9. The van der Waals surface area contributed by atoms with Crippen molar-refractivity contribution in [2.24, 2.45) is 0 Å². The van der Waals surface area contributed by atoms with E-state index < -0.39 is 0 Å². The van der Waals surface area contributed by atoms with E-state index in [9.17, 15) is 4.79 Å². The van der Waals surface area contributed by atoms with Crippen molar-refractivity contribution >= 4 is 22.8 Å². The van der Waals surface area contributed by atoms with Gasteiger partial charge < -0.3 is 9.80 Å². The number of nitrogens with zero attached hydrogens (tertiary/aromatic N) is 6. The van der Waals surface area contributed by atoms with Gasteiger partial charge in [0.25, 0.3) is 5.91 Å². The SMILES string of the molecule is Cc1ccc(C)c(N2CCN(C(=O)c3ccc(C)c(-n4nnc5cccnc54)c3)CC2)c1. The van der Waals surface area contributed by atoms with Gasteiger partial charge in [0.2, 0.25) is 0 Å². The standard InChI is InChI=1S/C25H26N6O/c1-17-6-7-18(2)22(15-17)29-11-13-30(14-12-29)25(32)20-9-8-19(3)23(16-20)31-24-21(27-28-31)5-4-10-26-24/h4-10,15-16H,11-14H2,1-3H3. The maximum Gasteiger partial charge on any atom is 0.254 e. The molecule has 0 N–H and O–H groups in total. The van der Waals surface area contributed by atoms with E-state index in [1.807, 2.05) is 42.2 Å². The van der Waals surface area contributed by atoms with Gasteiger partial charge in [0.05, 0.1) is 5.69 Å². The molecule has 1 aliphatic heterocycles. The number of carbonyl (C=O) groups is 1. The number of rotatable bonds is 3. The molecule has 1 aliphatic rings. The van der Waals surface area contributed by atoms with Gasteiger partial charge in [0.1, 0.15) is 5.52 Å². The largest absolute Gasteiger partial charge is 0.368 e. The number of pyridine rings is 1. The fraction of sp³-hybridized carbons (Fsp3) is 0.280. The molecule has 32 heavy (non-hydrogen) atoms. The van der Waals surface area contributed by atoms with Crippen LogP contribution in [0.2, 0.25) is 0 Å². The fourth-order valence-corrected chi connectivity index (χ4v) is 4.29. The van der Waals surface area contributed by atoms with E-state index in [0.717, 1.165) is 29.9 Å². The first-order chi connectivity index (χ1) is 15.5. The van der Waals surface area contributed by atoms with Crippen LogP contribution in [-0.2, 0) is 0 Å². The lowest BCUT2D eigenvalue weighted by atomic mass is 10.1. The number of hydrogen-bond donors (Lipinski definition) is 0. The molecule has 2 aromatic heterocycles. The molecule has 1 fully saturated rings. The Balaban J connectivity index is 1.37. The van der Waals surface area contributed by atoms with Crippen LogP contribution >= 0.6 is 0 Å². The van der Waals surface area contributed by atoms with Gasteiger partial charge in [-0.1, -0.05) is 23.4 Å². The van der Waals surface area contributed by atoms with Gasteiger partial charge in [-0.3, -0.25) is 4.79 Å². The van der Waals surface area contributed by atoms with Gasteiger partial charge in [-0.2, -0.15) is 4.68 Å². The number of anilines is 1. The summed E-state index contributed by atoms with van der Waals surface area (Å²) in [6, 6.07) is 16.0. The lowest BCUT2D eigenvalue weighted by Crippen LogP contribution is -2.49. The molecule has 0 unspecified atom stereocenters. The number of amides is 1. The molecule has 1 amide bonds. The average molecular weight is 427 g/mol. The van der Waals surface area contributed by atoms with Crippen LogP contribution in [0.1, 0.15) is 27.0 Å². The van der Waals surface area contributed by atoms with Crippen LogP contribution in [0.5, 0.6) is 0 Å². The van der Waals surface area contributed by atoms with E-state index in [1.54, 1.807) is 10.9 Å². The molecular formula is C25H26N6O. The Kier molecular flexibility index (Phi) is 5.09. The number of fused-ring (bicyclic) bond motifs is 1. The van der Waals surface area contributed by atoms with Crippen LogP contribution in [0.15, 0.2) is 54.7 Å². The van der Waals surface area contributed by atoms with Crippen LogP contribution in [0.25, 0.3) is 16.9 Å². The van der Waals surface area contributed by atoms with Crippen molar-refractivity contribution in [3.63, 3.8) is 0 Å². The molecule has 0 aliphatic carbocycles. The quantitative estimate of drug-likeness (QED) is 0.500. The minimum atomic E-state index is 0.0456. The molecule has 0 saturated carbocycles. The van der Waals surface area contributed by atoms with Crippen LogP contribution in [-0.4, -0.2) is 57.0 Å². The summed E-state index contributed by atoms with van der Waals surface area (Å²) in [4.78, 5) is 22.0. The zero-order valence-corrected chi connectivity index (χ0v) is 18.6. The second-order valence-corrected chi connectivity index (χ2v) is 8.42. The number of carbonyl (C=O) groups excluding carboxylic acids is 1. The lowest BCUT2D eigenvalue weighted by molar-refractivity contribution is 0.0746. The summed E-state index contributed by atoms with van der Waals surface area (Å²) in [6.45, 7) is 9.31. The number of aryl methyl sites for hydroxylation is 3. The van der Waals surface area contributed by atoms with Crippen LogP contribution in [0.4, 0.5) is 5.69 Å². The molecule has 1 saturated heterocycles. The summed E-state index contributed by atoms with van der Waals surface area (Å²) < 4.78 is 1.71. The van der Waals surface area contributed by atoms with Crippen molar-refractivity contribution in [2.75, 3.05) is 31.1 Å². The van der Waals surface area contributed by atoms with Crippen molar-refractivity contribution in [1.29, 1.82) is 0 Å². The second kappa shape index (κ2) is 8.07. The number of benzene rings is 2. The molecule has 7 heteroatoms. The Morgan fingerprint density at radius 2 is 1.62 bits per heavy atom. The van der Waals surface area contributed by atoms with Crippen molar-refractivity contribution in [1.82, 2.24) is 24.9 Å². The zero-order chi connectivity index (χ0) is 22.2. The first-order valence-corrected chi connectivity index (χ1v) is 10.9. The van der Waals surface area contributed by atoms with Crippen molar-refractivity contribution in [3.8, 4) is 5.69 Å². The third-order valence-electron chi connectivity index (χ3n) is 6.17. The van der Waals surface area contributed by atoms with Gasteiger partial charge in [-0.05, 0) is 67.8 Å². The molecule has 0 radical (unpaired) electrons. The van der Waals surface area contributed by atoms with E-state index in [2.05, 4.69) is 52.2 Å². The van der Waals surface area contributed by atoms with Gasteiger partial charge in [0.15, 0.2) is 5.65 Å². The monoisotopic (exact) mass is 426 g/mol. The Labute approximate surface area is 187 Å². The topological polar surface area (TPSA) is 67.2 Å². The van der Waals surface area contributed by atoms with Gasteiger partial charge >= 0.3 is 0 Å². The predicted octanol–water partition coefficient (Wildman–Crippen LogP) is 3.70. The molecule has 4 aromatic rings. The molecule has 162 valence electrons. The van der Waals surface area contributed by atoms with Gasteiger partial charge in [-0.15, -0.1) is 5.10 Å². The van der Waals surface area contributed by atoms with Crippen LogP contribution < -0.4 is 4.90 Å². The first kappa shape index (κ1) is 20.2. The molecule has 2 aromatic carbocycles. The number of aromatic nitrogens is 4. The third kappa shape index (κ3) is 3.60. The Bertz CT molecular complexity index is 1300. The smallest absolute Gasteiger partial charge is 0.254 e. The summed E-state index contributed by atoms with van der Waals surface area (Å²) in [7, 11) is 0. The summed E-state index contributed by atoms with van der Waals surface area (Å²) in [6.07, 6.45) is 1.72. The van der Waals surface area contributed by atoms with Crippen molar-refractivity contribution < 1.29 is 4.79 Å².